The molecule has 0 radical (unpaired) electrons. The van der Waals surface area contributed by atoms with Gasteiger partial charge in [0.05, 0.1) is 5.75 Å². The maximum atomic E-state index is 5.29. The SMILES string of the molecule is CCCSCc1nc(=S)c2c([nH]1)CSC2. The van der Waals surface area contributed by atoms with Gasteiger partial charge in [-0.05, 0) is 12.2 Å². The fourth-order valence-electron chi connectivity index (χ4n) is 1.51. The summed E-state index contributed by atoms with van der Waals surface area (Å²) in [5.74, 6) is 5.27. The smallest absolute Gasteiger partial charge is 0.134 e. The van der Waals surface area contributed by atoms with Crippen molar-refractivity contribution >= 4 is 35.7 Å². The molecule has 0 saturated carbocycles. The van der Waals surface area contributed by atoms with Crippen LogP contribution in [-0.4, -0.2) is 15.7 Å². The van der Waals surface area contributed by atoms with E-state index in [0.29, 0.717) is 0 Å². The zero-order valence-corrected chi connectivity index (χ0v) is 11.2. The molecule has 1 aromatic rings. The number of nitrogens with one attached hydrogen (secondary N) is 1. The van der Waals surface area contributed by atoms with Crippen LogP contribution in [-0.2, 0) is 17.3 Å². The molecule has 5 heteroatoms. The largest absolute Gasteiger partial charge is 0.345 e. The third kappa shape index (κ3) is 2.77. The molecule has 0 spiro atoms. The van der Waals surface area contributed by atoms with E-state index in [4.69, 9.17) is 12.2 Å². The summed E-state index contributed by atoms with van der Waals surface area (Å²) in [6, 6.07) is 0. The normalized spacial score (nSPS) is 14.2. The predicted octanol–water partition coefficient (Wildman–Crippen LogP) is 3.53. The maximum Gasteiger partial charge on any atom is 0.134 e. The third-order valence-corrected chi connectivity index (χ3v) is 4.73. The van der Waals surface area contributed by atoms with Crippen LogP contribution < -0.4 is 0 Å². The highest BCUT2D eigenvalue weighted by atomic mass is 32.2. The molecule has 0 fully saturated rings. The monoisotopic (exact) mass is 258 g/mol. The van der Waals surface area contributed by atoms with Crippen molar-refractivity contribution in [3.63, 3.8) is 0 Å². The van der Waals surface area contributed by atoms with Crippen LogP contribution in [0.4, 0.5) is 0 Å². The highest BCUT2D eigenvalue weighted by molar-refractivity contribution is 7.98. The van der Waals surface area contributed by atoms with Crippen molar-refractivity contribution in [1.82, 2.24) is 9.97 Å². The Morgan fingerprint density at radius 2 is 2.40 bits per heavy atom. The van der Waals surface area contributed by atoms with Crippen LogP contribution in [0.5, 0.6) is 0 Å². The number of thioether (sulfide) groups is 2. The fourth-order valence-corrected chi connectivity index (χ4v) is 3.73. The fraction of sp³-hybridized carbons (Fsp3) is 0.600. The van der Waals surface area contributed by atoms with Crippen molar-refractivity contribution in [2.24, 2.45) is 0 Å². The molecule has 0 bridgehead atoms. The van der Waals surface area contributed by atoms with Crippen molar-refractivity contribution in [2.75, 3.05) is 5.75 Å². The lowest BCUT2D eigenvalue weighted by Crippen LogP contribution is -1.99. The van der Waals surface area contributed by atoms with E-state index in [1.807, 2.05) is 23.5 Å². The van der Waals surface area contributed by atoms with E-state index in [-0.39, 0.29) is 0 Å². The van der Waals surface area contributed by atoms with Gasteiger partial charge in [-0.3, -0.25) is 0 Å². The molecule has 2 rings (SSSR count). The number of rotatable bonds is 4. The molecule has 15 heavy (non-hydrogen) atoms. The average Bonchev–Trinajstić information content (AvgIpc) is 2.66. The van der Waals surface area contributed by atoms with E-state index in [0.717, 1.165) is 27.7 Å². The predicted molar refractivity (Wildman–Crippen MR) is 70.9 cm³/mol. The average molecular weight is 258 g/mol. The zero-order valence-electron chi connectivity index (χ0n) is 8.71. The van der Waals surface area contributed by atoms with Gasteiger partial charge in [0, 0.05) is 22.8 Å². The Hall–Kier alpha value is -0.000000000000000111. The molecule has 2 nitrogen and oxygen atoms in total. The molecule has 1 aromatic heterocycles. The third-order valence-electron chi connectivity index (χ3n) is 2.23. The molecule has 2 heterocycles. The van der Waals surface area contributed by atoms with Gasteiger partial charge in [-0.25, -0.2) is 4.98 Å². The topological polar surface area (TPSA) is 28.7 Å². The summed E-state index contributed by atoms with van der Waals surface area (Å²) in [4.78, 5) is 7.85. The summed E-state index contributed by atoms with van der Waals surface area (Å²) in [6.45, 7) is 2.20. The molecule has 0 unspecified atom stereocenters. The number of hydrogen-bond donors (Lipinski definition) is 1. The van der Waals surface area contributed by atoms with Crippen LogP contribution in [0.25, 0.3) is 0 Å². The zero-order chi connectivity index (χ0) is 10.7. The number of aromatic amines is 1. The van der Waals surface area contributed by atoms with Crippen molar-refractivity contribution in [1.29, 1.82) is 0 Å². The van der Waals surface area contributed by atoms with E-state index < -0.39 is 0 Å². The molecule has 0 aliphatic carbocycles. The minimum absolute atomic E-state index is 0.806. The minimum atomic E-state index is 0.806. The van der Waals surface area contributed by atoms with Crippen LogP contribution in [0.1, 0.15) is 30.4 Å². The molecule has 0 aromatic carbocycles. The first-order valence-electron chi connectivity index (χ1n) is 5.07. The Kier molecular flexibility index (Phi) is 4.11. The molecule has 0 atom stereocenters. The minimum Gasteiger partial charge on any atom is -0.345 e. The Morgan fingerprint density at radius 1 is 1.53 bits per heavy atom. The van der Waals surface area contributed by atoms with Crippen LogP contribution >= 0.6 is 35.7 Å². The standard InChI is InChI=1S/C10H14N2S3/c1-2-3-14-6-9-11-8-5-15-4-7(8)10(13)12-9/h2-6H2,1H3,(H,11,12,13). The first-order chi connectivity index (χ1) is 7.31. The maximum absolute atomic E-state index is 5.29. The van der Waals surface area contributed by atoms with E-state index in [1.165, 1.54) is 23.4 Å². The Balaban J connectivity index is 2.13. The molecular formula is C10H14N2S3. The van der Waals surface area contributed by atoms with E-state index in [2.05, 4.69) is 16.9 Å². The lowest BCUT2D eigenvalue weighted by atomic mass is 10.3. The van der Waals surface area contributed by atoms with Crippen LogP contribution in [0.15, 0.2) is 0 Å². The number of aromatic nitrogens is 2. The highest BCUT2D eigenvalue weighted by Gasteiger charge is 2.14. The first-order valence-corrected chi connectivity index (χ1v) is 7.79. The van der Waals surface area contributed by atoms with E-state index in [1.54, 1.807) is 0 Å². The Labute approximate surface area is 104 Å². The quantitative estimate of drug-likeness (QED) is 0.661. The Morgan fingerprint density at radius 3 is 3.20 bits per heavy atom. The summed E-state index contributed by atoms with van der Waals surface area (Å²) in [5.41, 5.74) is 2.55. The van der Waals surface area contributed by atoms with Gasteiger partial charge in [-0.2, -0.15) is 23.5 Å². The van der Waals surface area contributed by atoms with Crippen molar-refractivity contribution < 1.29 is 0 Å². The van der Waals surface area contributed by atoms with Crippen LogP contribution in [0.3, 0.4) is 0 Å². The molecule has 1 N–H and O–H groups in total. The summed E-state index contributed by atoms with van der Waals surface area (Å²) in [6.07, 6.45) is 1.21. The van der Waals surface area contributed by atoms with Gasteiger partial charge in [0.15, 0.2) is 0 Å². The van der Waals surface area contributed by atoms with E-state index >= 15 is 0 Å². The van der Waals surface area contributed by atoms with E-state index in [9.17, 15) is 0 Å². The summed E-state index contributed by atoms with van der Waals surface area (Å²) < 4.78 is 0.806. The lowest BCUT2D eigenvalue weighted by molar-refractivity contribution is 0.961. The van der Waals surface area contributed by atoms with Gasteiger partial charge in [-0.15, -0.1) is 0 Å². The van der Waals surface area contributed by atoms with Gasteiger partial charge in [0.2, 0.25) is 0 Å². The van der Waals surface area contributed by atoms with Crippen LogP contribution in [0, 0.1) is 4.64 Å². The summed E-state index contributed by atoms with van der Waals surface area (Å²) in [5, 5.41) is 0. The van der Waals surface area contributed by atoms with Crippen molar-refractivity contribution in [2.45, 2.75) is 30.6 Å². The molecule has 0 amide bonds. The Bertz CT molecular complexity index is 400. The number of hydrogen-bond acceptors (Lipinski definition) is 4. The van der Waals surface area contributed by atoms with Gasteiger partial charge in [0.25, 0.3) is 0 Å². The summed E-state index contributed by atoms with van der Waals surface area (Å²) >= 11 is 9.11. The number of H-pyrrole nitrogens is 1. The van der Waals surface area contributed by atoms with Gasteiger partial charge >= 0.3 is 0 Å². The molecule has 1 aliphatic rings. The first kappa shape index (κ1) is 11.5. The number of fused-ring (bicyclic) bond motifs is 1. The lowest BCUT2D eigenvalue weighted by Gasteiger charge is -2.04. The second kappa shape index (κ2) is 5.37. The molecular weight excluding hydrogens is 244 g/mol. The summed E-state index contributed by atoms with van der Waals surface area (Å²) in [7, 11) is 0. The highest BCUT2D eigenvalue weighted by Crippen LogP contribution is 2.28. The molecule has 0 saturated heterocycles. The van der Waals surface area contributed by atoms with Gasteiger partial charge < -0.3 is 4.98 Å². The van der Waals surface area contributed by atoms with Gasteiger partial charge in [0.1, 0.15) is 10.5 Å². The van der Waals surface area contributed by atoms with Crippen molar-refractivity contribution in [3.05, 3.63) is 21.7 Å². The second-order valence-corrected chi connectivity index (χ2v) is 5.97. The van der Waals surface area contributed by atoms with Gasteiger partial charge in [-0.1, -0.05) is 19.1 Å². The second-order valence-electron chi connectivity index (χ2n) is 3.49. The number of nitrogens with zero attached hydrogens (tertiary/aromatic N) is 1. The molecule has 1 aliphatic heterocycles. The van der Waals surface area contributed by atoms with Crippen LogP contribution in [0.2, 0.25) is 0 Å². The molecule has 82 valence electrons. The van der Waals surface area contributed by atoms with Crippen molar-refractivity contribution in [3.8, 4) is 0 Å².